The summed E-state index contributed by atoms with van der Waals surface area (Å²) >= 11 is 1.96. The third kappa shape index (κ3) is 5.79. The second-order valence-electron chi connectivity index (χ2n) is 4.37. The van der Waals surface area contributed by atoms with Crippen LogP contribution in [0, 0.1) is 0 Å². The van der Waals surface area contributed by atoms with Gasteiger partial charge in [-0.3, -0.25) is 0 Å². The van der Waals surface area contributed by atoms with Gasteiger partial charge in [-0.2, -0.15) is 11.8 Å². The van der Waals surface area contributed by atoms with Crippen molar-refractivity contribution in [2.75, 3.05) is 18.1 Å². The molecule has 0 radical (unpaired) electrons. The number of nitrogens with one attached hydrogen (secondary N) is 1. The number of thioether (sulfide) groups is 1. The molecule has 1 aliphatic rings. The van der Waals surface area contributed by atoms with Crippen LogP contribution in [0.3, 0.4) is 0 Å². The molecule has 1 saturated carbocycles. The van der Waals surface area contributed by atoms with Gasteiger partial charge < -0.3 is 10.4 Å². The molecule has 1 atom stereocenters. The quantitative estimate of drug-likeness (QED) is 0.660. The summed E-state index contributed by atoms with van der Waals surface area (Å²) < 4.78 is 0. The summed E-state index contributed by atoms with van der Waals surface area (Å²) in [4.78, 5) is 0. The minimum atomic E-state index is 0.292. The molecule has 2 N–H and O–H groups in total. The number of aliphatic hydroxyl groups is 1. The Morgan fingerprint density at radius 2 is 2.07 bits per heavy atom. The molecule has 1 unspecified atom stereocenters. The molecular formula is C12H25NOS. The van der Waals surface area contributed by atoms with Crippen molar-refractivity contribution in [3.8, 4) is 0 Å². The molecule has 0 saturated heterocycles. The number of rotatable bonds is 7. The van der Waals surface area contributed by atoms with E-state index in [0.717, 1.165) is 6.42 Å². The predicted octanol–water partition coefficient (Wildman–Crippen LogP) is 2.41. The summed E-state index contributed by atoms with van der Waals surface area (Å²) in [5.41, 5.74) is 0. The first-order valence-electron chi connectivity index (χ1n) is 6.31. The number of hydrogen-bond acceptors (Lipinski definition) is 3. The fourth-order valence-corrected chi connectivity index (χ4v) is 2.94. The monoisotopic (exact) mass is 231 g/mol. The minimum Gasteiger partial charge on any atom is -0.395 e. The van der Waals surface area contributed by atoms with Crippen molar-refractivity contribution >= 4 is 11.8 Å². The first-order chi connectivity index (χ1) is 7.36. The van der Waals surface area contributed by atoms with E-state index in [1.807, 2.05) is 11.8 Å². The third-order valence-corrected chi connectivity index (χ3v) is 4.04. The van der Waals surface area contributed by atoms with E-state index in [-0.39, 0.29) is 0 Å². The maximum absolute atomic E-state index is 9.28. The van der Waals surface area contributed by atoms with Crippen molar-refractivity contribution in [1.29, 1.82) is 0 Å². The third-order valence-electron chi connectivity index (χ3n) is 3.11. The van der Waals surface area contributed by atoms with Gasteiger partial charge in [0.1, 0.15) is 0 Å². The molecule has 3 heteroatoms. The van der Waals surface area contributed by atoms with Crippen molar-refractivity contribution < 1.29 is 5.11 Å². The molecule has 0 aliphatic heterocycles. The molecule has 1 aliphatic carbocycles. The Morgan fingerprint density at radius 1 is 1.33 bits per heavy atom. The van der Waals surface area contributed by atoms with Gasteiger partial charge in [-0.15, -0.1) is 0 Å². The molecule has 0 aromatic heterocycles. The lowest BCUT2D eigenvalue weighted by Crippen LogP contribution is -2.41. The molecule has 1 rings (SSSR count). The van der Waals surface area contributed by atoms with Crippen LogP contribution in [0.4, 0.5) is 0 Å². The molecular weight excluding hydrogens is 206 g/mol. The second-order valence-corrected chi connectivity index (χ2v) is 5.76. The first kappa shape index (κ1) is 13.3. The molecule has 0 aromatic rings. The minimum absolute atomic E-state index is 0.292. The number of hydrogen-bond donors (Lipinski definition) is 2. The second kappa shape index (κ2) is 8.43. The van der Waals surface area contributed by atoms with Crippen LogP contribution in [0.15, 0.2) is 0 Å². The maximum atomic E-state index is 9.28. The van der Waals surface area contributed by atoms with E-state index < -0.39 is 0 Å². The van der Waals surface area contributed by atoms with Gasteiger partial charge in [0.25, 0.3) is 0 Å². The van der Waals surface area contributed by atoms with Crippen LogP contribution >= 0.6 is 11.8 Å². The Kier molecular flexibility index (Phi) is 7.49. The van der Waals surface area contributed by atoms with Gasteiger partial charge >= 0.3 is 0 Å². The lowest BCUT2D eigenvalue weighted by atomic mass is 9.95. The topological polar surface area (TPSA) is 32.3 Å². The van der Waals surface area contributed by atoms with E-state index in [0.29, 0.717) is 18.7 Å². The Bertz CT molecular complexity index is 149. The van der Waals surface area contributed by atoms with Crippen LogP contribution in [-0.2, 0) is 0 Å². The highest BCUT2D eigenvalue weighted by atomic mass is 32.2. The van der Waals surface area contributed by atoms with E-state index in [1.54, 1.807) is 0 Å². The summed E-state index contributed by atoms with van der Waals surface area (Å²) in [6, 6.07) is 0.995. The van der Waals surface area contributed by atoms with Gasteiger partial charge in [0.15, 0.2) is 0 Å². The highest BCUT2D eigenvalue weighted by Crippen LogP contribution is 2.18. The predicted molar refractivity (Wildman–Crippen MR) is 68.5 cm³/mol. The van der Waals surface area contributed by atoms with Crippen LogP contribution in [0.2, 0.25) is 0 Å². The molecule has 90 valence electrons. The zero-order chi connectivity index (χ0) is 10.9. The van der Waals surface area contributed by atoms with Crippen molar-refractivity contribution in [3.05, 3.63) is 0 Å². The fourth-order valence-electron chi connectivity index (χ4n) is 2.20. The SMILES string of the molecule is CCSCCC(CO)NC1CCCCC1. The van der Waals surface area contributed by atoms with E-state index in [1.165, 1.54) is 43.6 Å². The summed E-state index contributed by atoms with van der Waals surface area (Å²) in [6.45, 7) is 2.48. The van der Waals surface area contributed by atoms with Gasteiger partial charge in [-0.05, 0) is 30.8 Å². The first-order valence-corrected chi connectivity index (χ1v) is 7.47. The van der Waals surface area contributed by atoms with Gasteiger partial charge in [-0.1, -0.05) is 26.2 Å². The standard InChI is InChI=1S/C12H25NOS/c1-2-15-9-8-12(10-14)13-11-6-4-3-5-7-11/h11-14H,2-10H2,1H3. The summed E-state index contributed by atoms with van der Waals surface area (Å²) in [5.74, 6) is 2.35. The van der Waals surface area contributed by atoms with E-state index in [9.17, 15) is 5.11 Å². The zero-order valence-corrected chi connectivity index (χ0v) is 10.7. The van der Waals surface area contributed by atoms with E-state index >= 15 is 0 Å². The molecule has 0 bridgehead atoms. The Labute approximate surface area is 98.2 Å². The van der Waals surface area contributed by atoms with E-state index in [2.05, 4.69) is 12.2 Å². The zero-order valence-electron chi connectivity index (χ0n) is 9.87. The van der Waals surface area contributed by atoms with Gasteiger partial charge in [-0.25, -0.2) is 0 Å². The van der Waals surface area contributed by atoms with Crippen LogP contribution in [0.25, 0.3) is 0 Å². The molecule has 0 heterocycles. The van der Waals surface area contributed by atoms with Gasteiger partial charge in [0.05, 0.1) is 6.61 Å². The molecule has 0 spiro atoms. The smallest absolute Gasteiger partial charge is 0.0585 e. The molecule has 15 heavy (non-hydrogen) atoms. The van der Waals surface area contributed by atoms with Crippen molar-refractivity contribution in [3.63, 3.8) is 0 Å². The molecule has 2 nitrogen and oxygen atoms in total. The van der Waals surface area contributed by atoms with Crippen molar-refractivity contribution in [2.45, 2.75) is 57.5 Å². The van der Waals surface area contributed by atoms with Crippen LogP contribution in [-0.4, -0.2) is 35.3 Å². The fraction of sp³-hybridized carbons (Fsp3) is 1.00. The van der Waals surface area contributed by atoms with Crippen LogP contribution in [0.1, 0.15) is 45.4 Å². The normalized spacial score (nSPS) is 20.4. The van der Waals surface area contributed by atoms with Gasteiger partial charge in [0.2, 0.25) is 0 Å². The largest absolute Gasteiger partial charge is 0.395 e. The average Bonchev–Trinajstić information content (AvgIpc) is 2.29. The molecule has 1 fully saturated rings. The molecule has 0 amide bonds. The maximum Gasteiger partial charge on any atom is 0.0585 e. The highest BCUT2D eigenvalue weighted by molar-refractivity contribution is 7.99. The molecule has 0 aromatic carbocycles. The summed E-state index contributed by atoms with van der Waals surface area (Å²) in [6.07, 6.45) is 7.83. The Morgan fingerprint density at radius 3 is 2.67 bits per heavy atom. The lowest BCUT2D eigenvalue weighted by molar-refractivity contribution is 0.216. The van der Waals surface area contributed by atoms with Crippen molar-refractivity contribution in [1.82, 2.24) is 5.32 Å². The van der Waals surface area contributed by atoms with Crippen LogP contribution < -0.4 is 5.32 Å². The Hall–Kier alpha value is 0.270. The van der Waals surface area contributed by atoms with E-state index in [4.69, 9.17) is 0 Å². The summed E-state index contributed by atoms with van der Waals surface area (Å²) in [7, 11) is 0. The van der Waals surface area contributed by atoms with Gasteiger partial charge in [0, 0.05) is 12.1 Å². The summed E-state index contributed by atoms with van der Waals surface area (Å²) in [5, 5.41) is 12.9. The Balaban J connectivity index is 2.13. The van der Waals surface area contributed by atoms with Crippen LogP contribution in [0.5, 0.6) is 0 Å². The highest BCUT2D eigenvalue weighted by Gasteiger charge is 2.16. The van der Waals surface area contributed by atoms with Crippen molar-refractivity contribution in [2.24, 2.45) is 0 Å². The number of aliphatic hydroxyl groups excluding tert-OH is 1. The lowest BCUT2D eigenvalue weighted by Gasteiger charge is -2.27. The average molecular weight is 231 g/mol.